The van der Waals surface area contributed by atoms with Gasteiger partial charge in [-0.05, 0) is 36.8 Å². The molecule has 0 saturated carbocycles. The highest BCUT2D eigenvalue weighted by Crippen LogP contribution is 2.32. The van der Waals surface area contributed by atoms with Gasteiger partial charge < -0.3 is 10.5 Å². The Morgan fingerprint density at radius 3 is 3.06 bits per heavy atom. The van der Waals surface area contributed by atoms with Gasteiger partial charge in [0.2, 0.25) is 5.95 Å². The van der Waals surface area contributed by atoms with Crippen molar-refractivity contribution in [2.24, 2.45) is 0 Å². The molecule has 86 valence electrons. The largest absolute Gasteiger partial charge is 0.490 e. The molecule has 1 atom stereocenters. The highest BCUT2D eigenvalue weighted by molar-refractivity contribution is 5.63. The number of benzene rings is 1. The van der Waals surface area contributed by atoms with Gasteiger partial charge in [-0.25, -0.2) is 9.97 Å². The van der Waals surface area contributed by atoms with Gasteiger partial charge in [0.25, 0.3) is 0 Å². The number of ether oxygens (including phenoxy) is 1. The van der Waals surface area contributed by atoms with Crippen LogP contribution in [-0.2, 0) is 6.42 Å². The number of nitrogen functional groups attached to an aromatic ring is 1. The van der Waals surface area contributed by atoms with E-state index in [0.29, 0.717) is 5.95 Å². The number of rotatable bonds is 1. The van der Waals surface area contributed by atoms with Gasteiger partial charge in [0.05, 0.1) is 5.69 Å². The first-order chi connectivity index (χ1) is 8.22. The predicted octanol–water partition coefficient (Wildman–Crippen LogP) is 2.05. The third-order valence-corrected chi connectivity index (χ3v) is 2.87. The molecule has 0 spiro atoms. The SMILES string of the molecule is C[C@H]1Cc2cc(-c3ccnc(N)n3)ccc2O1. The molecule has 17 heavy (non-hydrogen) atoms. The number of hydrogen-bond donors (Lipinski definition) is 1. The topological polar surface area (TPSA) is 61.0 Å². The summed E-state index contributed by atoms with van der Waals surface area (Å²) in [5.41, 5.74) is 8.71. The van der Waals surface area contributed by atoms with Crippen molar-refractivity contribution in [3.63, 3.8) is 0 Å². The van der Waals surface area contributed by atoms with E-state index in [1.54, 1.807) is 6.20 Å². The van der Waals surface area contributed by atoms with Crippen molar-refractivity contribution in [1.29, 1.82) is 0 Å². The average Bonchev–Trinajstić information content (AvgIpc) is 2.68. The Kier molecular flexibility index (Phi) is 2.21. The summed E-state index contributed by atoms with van der Waals surface area (Å²) in [6.45, 7) is 2.07. The molecule has 1 aromatic carbocycles. The molecule has 0 saturated heterocycles. The summed E-state index contributed by atoms with van der Waals surface area (Å²) in [6, 6.07) is 7.96. The summed E-state index contributed by atoms with van der Waals surface area (Å²) in [6.07, 6.45) is 2.88. The summed E-state index contributed by atoms with van der Waals surface area (Å²) in [5.74, 6) is 1.27. The molecule has 2 heterocycles. The Morgan fingerprint density at radius 2 is 2.24 bits per heavy atom. The maximum absolute atomic E-state index is 5.66. The Balaban J connectivity index is 2.03. The first-order valence-corrected chi connectivity index (χ1v) is 5.61. The van der Waals surface area contributed by atoms with E-state index in [1.807, 2.05) is 18.2 Å². The minimum Gasteiger partial charge on any atom is -0.490 e. The third-order valence-electron chi connectivity index (χ3n) is 2.87. The Morgan fingerprint density at radius 1 is 1.35 bits per heavy atom. The average molecular weight is 227 g/mol. The third kappa shape index (κ3) is 1.82. The van der Waals surface area contributed by atoms with Crippen LogP contribution in [0.5, 0.6) is 5.75 Å². The van der Waals surface area contributed by atoms with E-state index in [4.69, 9.17) is 10.5 Å². The molecular weight excluding hydrogens is 214 g/mol. The standard InChI is InChI=1S/C13H13N3O/c1-8-6-10-7-9(2-3-12(10)17-8)11-4-5-15-13(14)16-11/h2-5,7-8H,6H2,1H3,(H2,14,15,16)/t8-/m0/s1. The fourth-order valence-electron chi connectivity index (χ4n) is 2.12. The molecule has 0 amide bonds. The van der Waals surface area contributed by atoms with Crippen LogP contribution >= 0.6 is 0 Å². The van der Waals surface area contributed by atoms with Crippen LogP contribution in [0, 0.1) is 0 Å². The van der Waals surface area contributed by atoms with Crippen molar-refractivity contribution >= 4 is 5.95 Å². The molecule has 4 heteroatoms. The summed E-state index contributed by atoms with van der Waals surface area (Å²) >= 11 is 0. The molecule has 2 N–H and O–H groups in total. The lowest BCUT2D eigenvalue weighted by Gasteiger charge is -2.04. The summed E-state index contributed by atoms with van der Waals surface area (Å²) in [7, 11) is 0. The molecule has 0 aliphatic carbocycles. The first kappa shape index (κ1) is 10.1. The molecule has 0 unspecified atom stereocenters. The lowest BCUT2D eigenvalue weighted by Crippen LogP contribution is -2.05. The van der Waals surface area contributed by atoms with Gasteiger partial charge in [0.1, 0.15) is 11.9 Å². The lowest BCUT2D eigenvalue weighted by atomic mass is 10.0. The van der Waals surface area contributed by atoms with Crippen LogP contribution in [0.4, 0.5) is 5.95 Å². The zero-order chi connectivity index (χ0) is 11.8. The van der Waals surface area contributed by atoms with Crippen molar-refractivity contribution in [1.82, 2.24) is 9.97 Å². The van der Waals surface area contributed by atoms with Crippen LogP contribution in [0.15, 0.2) is 30.5 Å². The molecule has 1 aliphatic heterocycles. The van der Waals surface area contributed by atoms with Crippen LogP contribution in [0.25, 0.3) is 11.3 Å². The van der Waals surface area contributed by atoms with Crippen molar-refractivity contribution in [2.45, 2.75) is 19.4 Å². The number of aromatic nitrogens is 2. The zero-order valence-corrected chi connectivity index (χ0v) is 9.55. The number of fused-ring (bicyclic) bond motifs is 1. The van der Waals surface area contributed by atoms with Crippen LogP contribution in [0.3, 0.4) is 0 Å². The van der Waals surface area contributed by atoms with Crippen molar-refractivity contribution in [3.05, 3.63) is 36.0 Å². The monoisotopic (exact) mass is 227 g/mol. The Bertz CT molecular complexity index is 568. The molecular formula is C13H13N3O. The molecule has 4 nitrogen and oxygen atoms in total. The highest BCUT2D eigenvalue weighted by Gasteiger charge is 2.19. The number of nitrogens with zero attached hydrogens (tertiary/aromatic N) is 2. The molecule has 3 rings (SSSR count). The summed E-state index contributed by atoms with van der Waals surface area (Å²) < 4.78 is 5.66. The molecule has 0 bridgehead atoms. The van der Waals surface area contributed by atoms with E-state index in [2.05, 4.69) is 23.0 Å². The fraction of sp³-hybridized carbons (Fsp3) is 0.231. The second-order valence-electron chi connectivity index (χ2n) is 4.26. The highest BCUT2D eigenvalue weighted by atomic mass is 16.5. The minimum absolute atomic E-state index is 0.260. The molecule has 1 aromatic heterocycles. The number of nitrogens with two attached hydrogens (primary N) is 1. The van der Waals surface area contributed by atoms with Crippen LogP contribution in [0.1, 0.15) is 12.5 Å². The smallest absolute Gasteiger partial charge is 0.220 e. The van der Waals surface area contributed by atoms with Crippen LogP contribution in [-0.4, -0.2) is 16.1 Å². The van der Waals surface area contributed by atoms with Gasteiger partial charge >= 0.3 is 0 Å². The van der Waals surface area contributed by atoms with Gasteiger partial charge in [-0.2, -0.15) is 0 Å². The van der Waals surface area contributed by atoms with Crippen molar-refractivity contribution in [3.8, 4) is 17.0 Å². The lowest BCUT2D eigenvalue weighted by molar-refractivity contribution is 0.254. The minimum atomic E-state index is 0.260. The quantitative estimate of drug-likeness (QED) is 0.810. The fourth-order valence-corrected chi connectivity index (χ4v) is 2.12. The van der Waals surface area contributed by atoms with Crippen LogP contribution < -0.4 is 10.5 Å². The normalized spacial score (nSPS) is 17.6. The van der Waals surface area contributed by atoms with Gasteiger partial charge in [0.15, 0.2) is 0 Å². The predicted molar refractivity (Wildman–Crippen MR) is 65.7 cm³/mol. The van der Waals surface area contributed by atoms with E-state index in [0.717, 1.165) is 23.4 Å². The van der Waals surface area contributed by atoms with Crippen LogP contribution in [0.2, 0.25) is 0 Å². The maximum Gasteiger partial charge on any atom is 0.220 e. The second kappa shape index (κ2) is 3.73. The van der Waals surface area contributed by atoms with E-state index in [-0.39, 0.29) is 6.10 Å². The molecule has 0 radical (unpaired) electrons. The first-order valence-electron chi connectivity index (χ1n) is 5.61. The number of anilines is 1. The molecule has 0 fully saturated rings. The van der Waals surface area contributed by atoms with Crippen molar-refractivity contribution in [2.75, 3.05) is 5.73 Å². The molecule has 1 aliphatic rings. The van der Waals surface area contributed by atoms with E-state index in [9.17, 15) is 0 Å². The van der Waals surface area contributed by atoms with Crippen molar-refractivity contribution < 1.29 is 4.74 Å². The second-order valence-corrected chi connectivity index (χ2v) is 4.26. The molecule has 2 aromatic rings. The maximum atomic E-state index is 5.66. The van der Waals surface area contributed by atoms with Gasteiger partial charge in [0, 0.05) is 18.2 Å². The van der Waals surface area contributed by atoms with Gasteiger partial charge in [-0.1, -0.05) is 0 Å². The number of hydrogen-bond acceptors (Lipinski definition) is 4. The van der Waals surface area contributed by atoms with E-state index in [1.165, 1.54) is 5.56 Å². The summed E-state index contributed by atoms with van der Waals surface area (Å²) in [5, 5.41) is 0. The van der Waals surface area contributed by atoms with E-state index >= 15 is 0 Å². The Hall–Kier alpha value is -2.10. The zero-order valence-electron chi connectivity index (χ0n) is 9.55. The summed E-state index contributed by atoms with van der Waals surface area (Å²) in [4.78, 5) is 8.11. The Labute approximate surface area is 99.5 Å². The van der Waals surface area contributed by atoms with Gasteiger partial charge in [-0.15, -0.1) is 0 Å². The van der Waals surface area contributed by atoms with E-state index < -0.39 is 0 Å². The van der Waals surface area contributed by atoms with Gasteiger partial charge in [-0.3, -0.25) is 0 Å².